The monoisotopic (exact) mass is 384 g/mol. The van der Waals surface area contributed by atoms with Crippen LogP contribution < -0.4 is 10.6 Å². The van der Waals surface area contributed by atoms with Gasteiger partial charge in [0.15, 0.2) is 5.82 Å². The quantitative estimate of drug-likeness (QED) is 0.768. The third-order valence-electron chi connectivity index (χ3n) is 5.45. The second-order valence-electron chi connectivity index (χ2n) is 7.75. The van der Waals surface area contributed by atoms with Gasteiger partial charge in [0.05, 0.1) is 0 Å². The van der Waals surface area contributed by atoms with Crippen molar-refractivity contribution >= 4 is 11.9 Å². The summed E-state index contributed by atoms with van der Waals surface area (Å²) in [6.45, 7) is 10.4. The molecule has 1 fully saturated rings. The number of hydrogen-bond donors (Lipinski definition) is 2. The Labute approximate surface area is 167 Å². The SMILES string of the molecule is CCN(Cc1ccc(C(=O)Nc2nc(C3CCNCC3)nn2C)cc1)C(C)C. The Hall–Kier alpha value is -2.25. The summed E-state index contributed by atoms with van der Waals surface area (Å²) in [5.74, 6) is 1.53. The van der Waals surface area contributed by atoms with Crippen LogP contribution in [0.2, 0.25) is 0 Å². The van der Waals surface area contributed by atoms with E-state index in [0.717, 1.165) is 44.8 Å². The molecule has 1 saturated heterocycles. The number of benzene rings is 1. The Morgan fingerprint density at radius 2 is 1.96 bits per heavy atom. The van der Waals surface area contributed by atoms with Crippen LogP contribution in [0.3, 0.4) is 0 Å². The maximum atomic E-state index is 12.6. The minimum Gasteiger partial charge on any atom is -0.317 e. The van der Waals surface area contributed by atoms with Gasteiger partial charge < -0.3 is 5.32 Å². The van der Waals surface area contributed by atoms with Crippen LogP contribution in [-0.2, 0) is 13.6 Å². The van der Waals surface area contributed by atoms with E-state index in [1.807, 2.05) is 31.3 Å². The highest BCUT2D eigenvalue weighted by Crippen LogP contribution is 2.23. The van der Waals surface area contributed by atoms with Crippen molar-refractivity contribution in [3.8, 4) is 0 Å². The first-order chi connectivity index (χ1) is 13.5. The number of rotatable bonds is 7. The maximum absolute atomic E-state index is 12.6. The molecule has 1 amide bonds. The van der Waals surface area contributed by atoms with E-state index in [-0.39, 0.29) is 5.91 Å². The number of nitrogens with zero attached hydrogens (tertiary/aromatic N) is 4. The highest BCUT2D eigenvalue weighted by Gasteiger charge is 2.21. The Balaban J connectivity index is 1.64. The number of carbonyl (C=O) groups excluding carboxylic acids is 1. The third-order valence-corrected chi connectivity index (χ3v) is 5.45. The van der Waals surface area contributed by atoms with Gasteiger partial charge in [-0.1, -0.05) is 19.1 Å². The second kappa shape index (κ2) is 9.30. The van der Waals surface area contributed by atoms with E-state index in [2.05, 4.69) is 46.4 Å². The molecule has 2 aromatic rings. The standard InChI is InChI=1S/C21H32N6O/c1-5-27(15(2)3)14-16-6-8-18(9-7-16)20(28)24-21-23-19(25-26(21)4)17-10-12-22-13-11-17/h6-9,15,17,22H,5,10-14H2,1-4H3,(H,23,24,25,28). The fraction of sp³-hybridized carbons (Fsp3) is 0.571. The zero-order chi connectivity index (χ0) is 20.1. The molecule has 0 saturated carbocycles. The molecule has 2 heterocycles. The van der Waals surface area contributed by atoms with Crippen LogP contribution in [0.5, 0.6) is 0 Å². The molecular formula is C21H32N6O. The topological polar surface area (TPSA) is 75.1 Å². The van der Waals surface area contributed by atoms with Crippen LogP contribution in [0.1, 0.15) is 61.3 Å². The van der Waals surface area contributed by atoms with E-state index in [1.54, 1.807) is 4.68 Å². The molecule has 2 N–H and O–H groups in total. The normalized spacial score (nSPS) is 15.4. The summed E-state index contributed by atoms with van der Waals surface area (Å²) in [4.78, 5) is 19.6. The van der Waals surface area contributed by atoms with E-state index >= 15 is 0 Å². The molecular weight excluding hydrogens is 352 g/mol. The van der Waals surface area contributed by atoms with E-state index < -0.39 is 0 Å². The summed E-state index contributed by atoms with van der Waals surface area (Å²) < 4.78 is 1.66. The molecule has 3 rings (SSSR count). The summed E-state index contributed by atoms with van der Waals surface area (Å²) in [5.41, 5.74) is 1.83. The number of anilines is 1. The predicted molar refractivity (Wildman–Crippen MR) is 111 cm³/mol. The van der Waals surface area contributed by atoms with Gasteiger partial charge in [-0.15, -0.1) is 0 Å². The van der Waals surface area contributed by atoms with Crippen molar-refractivity contribution in [2.24, 2.45) is 7.05 Å². The highest BCUT2D eigenvalue weighted by atomic mass is 16.1. The molecule has 0 unspecified atom stereocenters. The van der Waals surface area contributed by atoms with Gasteiger partial charge in [-0.05, 0) is 64.0 Å². The molecule has 1 aliphatic rings. The number of carbonyl (C=O) groups is 1. The Bertz CT molecular complexity index is 777. The van der Waals surface area contributed by atoms with Crippen LogP contribution in [0, 0.1) is 0 Å². The maximum Gasteiger partial charge on any atom is 0.258 e. The smallest absolute Gasteiger partial charge is 0.258 e. The minimum absolute atomic E-state index is 0.157. The lowest BCUT2D eigenvalue weighted by atomic mass is 9.98. The third kappa shape index (κ3) is 4.97. The summed E-state index contributed by atoms with van der Waals surface area (Å²) >= 11 is 0. The lowest BCUT2D eigenvalue weighted by Gasteiger charge is -2.24. The molecule has 0 aliphatic carbocycles. The zero-order valence-electron chi connectivity index (χ0n) is 17.4. The molecule has 1 aromatic heterocycles. The van der Waals surface area contributed by atoms with Gasteiger partial charge in [-0.2, -0.15) is 10.1 Å². The average Bonchev–Trinajstić information content (AvgIpc) is 3.07. The summed E-state index contributed by atoms with van der Waals surface area (Å²) in [6.07, 6.45) is 2.06. The predicted octanol–water partition coefficient (Wildman–Crippen LogP) is 2.76. The molecule has 28 heavy (non-hydrogen) atoms. The van der Waals surface area contributed by atoms with Crippen molar-refractivity contribution in [2.45, 2.75) is 52.1 Å². The van der Waals surface area contributed by atoms with Crippen LogP contribution in [0.25, 0.3) is 0 Å². The van der Waals surface area contributed by atoms with Crippen molar-refractivity contribution in [3.05, 3.63) is 41.2 Å². The van der Waals surface area contributed by atoms with Gasteiger partial charge in [0, 0.05) is 31.1 Å². The van der Waals surface area contributed by atoms with Crippen molar-refractivity contribution < 1.29 is 4.79 Å². The molecule has 0 spiro atoms. The summed E-state index contributed by atoms with van der Waals surface area (Å²) in [6, 6.07) is 8.30. The first-order valence-corrected chi connectivity index (χ1v) is 10.2. The molecule has 7 heteroatoms. The van der Waals surface area contributed by atoms with Crippen LogP contribution in [-0.4, -0.2) is 51.2 Å². The fourth-order valence-corrected chi connectivity index (χ4v) is 3.60. The Kier molecular flexibility index (Phi) is 6.80. The van der Waals surface area contributed by atoms with Crippen LogP contribution in [0.15, 0.2) is 24.3 Å². The van der Waals surface area contributed by atoms with E-state index in [4.69, 9.17) is 0 Å². The van der Waals surface area contributed by atoms with Gasteiger partial charge in [0.25, 0.3) is 5.91 Å². The minimum atomic E-state index is -0.157. The summed E-state index contributed by atoms with van der Waals surface area (Å²) in [5, 5.41) is 10.8. The van der Waals surface area contributed by atoms with E-state index in [0.29, 0.717) is 23.5 Å². The lowest BCUT2D eigenvalue weighted by molar-refractivity contribution is 0.102. The van der Waals surface area contributed by atoms with Gasteiger partial charge >= 0.3 is 0 Å². The number of amides is 1. The van der Waals surface area contributed by atoms with Crippen molar-refractivity contribution in [2.75, 3.05) is 25.0 Å². The summed E-state index contributed by atoms with van der Waals surface area (Å²) in [7, 11) is 1.82. The lowest BCUT2D eigenvalue weighted by Crippen LogP contribution is -2.29. The number of piperidine rings is 1. The van der Waals surface area contributed by atoms with Gasteiger partial charge in [0.2, 0.25) is 5.95 Å². The number of nitrogens with one attached hydrogen (secondary N) is 2. The number of aromatic nitrogens is 3. The zero-order valence-corrected chi connectivity index (χ0v) is 17.4. The molecule has 0 radical (unpaired) electrons. The molecule has 1 aliphatic heterocycles. The Morgan fingerprint density at radius 1 is 1.29 bits per heavy atom. The number of aryl methyl sites for hydroxylation is 1. The average molecular weight is 385 g/mol. The van der Waals surface area contributed by atoms with E-state index in [1.165, 1.54) is 5.56 Å². The van der Waals surface area contributed by atoms with Crippen LogP contribution >= 0.6 is 0 Å². The van der Waals surface area contributed by atoms with Gasteiger partial charge in [0.1, 0.15) is 0 Å². The van der Waals surface area contributed by atoms with Crippen molar-refractivity contribution in [1.82, 2.24) is 25.0 Å². The molecule has 7 nitrogen and oxygen atoms in total. The first-order valence-electron chi connectivity index (χ1n) is 10.2. The highest BCUT2D eigenvalue weighted by molar-refractivity contribution is 6.03. The van der Waals surface area contributed by atoms with Gasteiger partial charge in [-0.25, -0.2) is 4.68 Å². The van der Waals surface area contributed by atoms with Crippen molar-refractivity contribution in [3.63, 3.8) is 0 Å². The largest absolute Gasteiger partial charge is 0.317 e. The van der Waals surface area contributed by atoms with Crippen LogP contribution in [0.4, 0.5) is 5.95 Å². The fourth-order valence-electron chi connectivity index (χ4n) is 3.60. The molecule has 0 bridgehead atoms. The molecule has 1 aromatic carbocycles. The van der Waals surface area contributed by atoms with Gasteiger partial charge in [-0.3, -0.25) is 15.0 Å². The second-order valence-corrected chi connectivity index (χ2v) is 7.75. The van der Waals surface area contributed by atoms with E-state index in [9.17, 15) is 4.79 Å². The van der Waals surface area contributed by atoms with Crippen molar-refractivity contribution in [1.29, 1.82) is 0 Å². The Morgan fingerprint density at radius 3 is 2.57 bits per heavy atom. The first kappa shape index (κ1) is 20.5. The molecule has 0 atom stereocenters. The molecule has 152 valence electrons. The number of hydrogen-bond acceptors (Lipinski definition) is 5.